The van der Waals surface area contributed by atoms with E-state index in [1.54, 1.807) is 13.8 Å². The summed E-state index contributed by atoms with van der Waals surface area (Å²) in [5.74, 6) is -0.441. The minimum absolute atomic E-state index is 0. The summed E-state index contributed by atoms with van der Waals surface area (Å²) in [5, 5.41) is 5.28. The van der Waals surface area contributed by atoms with Gasteiger partial charge in [-0.25, -0.2) is 4.39 Å². The first-order valence-electron chi connectivity index (χ1n) is 9.28. The maximum absolute atomic E-state index is 13.5. The largest absolute Gasteiger partial charge is 0.381 e. The molecule has 0 aliphatic heterocycles. The number of carbonyl (C=O) groups is 2. The van der Waals surface area contributed by atoms with Crippen LogP contribution in [0.2, 0.25) is 0 Å². The average Bonchev–Trinajstić information content (AvgIpc) is 2.59. The molecule has 8 heteroatoms. The van der Waals surface area contributed by atoms with Gasteiger partial charge in [0.25, 0.3) is 0 Å². The molecule has 0 fully saturated rings. The van der Waals surface area contributed by atoms with Gasteiger partial charge in [-0.15, -0.1) is 0 Å². The molecule has 0 spiro atoms. The van der Waals surface area contributed by atoms with Gasteiger partial charge in [-0.2, -0.15) is 0 Å². The van der Waals surface area contributed by atoms with Gasteiger partial charge >= 0.3 is 0 Å². The normalized spacial score (nSPS) is 12.4. The maximum Gasteiger partial charge on any atom is 0.246 e. The van der Waals surface area contributed by atoms with Crippen molar-refractivity contribution in [2.75, 3.05) is 46.1 Å². The molecule has 0 aromatic rings. The molecule has 0 bridgehead atoms. The summed E-state index contributed by atoms with van der Waals surface area (Å²) >= 11 is 0. The highest BCUT2D eigenvalue weighted by atomic mass is 19.1. The quantitative estimate of drug-likeness (QED) is 0.399. The van der Waals surface area contributed by atoms with Crippen LogP contribution in [0.15, 0.2) is 0 Å². The third-order valence-electron chi connectivity index (χ3n) is 3.23. The predicted octanol–water partition coefficient (Wildman–Crippen LogP) is 1.94. The van der Waals surface area contributed by atoms with Crippen LogP contribution in [0.25, 0.3) is 0 Å². The van der Waals surface area contributed by atoms with Gasteiger partial charge in [-0.05, 0) is 26.7 Å². The van der Waals surface area contributed by atoms with Crippen LogP contribution in [0.5, 0.6) is 0 Å². The Morgan fingerprint density at radius 1 is 1.00 bits per heavy atom. The summed E-state index contributed by atoms with van der Waals surface area (Å²) in [4.78, 5) is 22.7. The Morgan fingerprint density at radius 3 is 2.31 bits per heavy atom. The Hall–Kier alpha value is -1.25. The molecule has 7 nitrogen and oxygen atoms in total. The predicted molar refractivity (Wildman–Crippen MR) is 102 cm³/mol. The van der Waals surface area contributed by atoms with E-state index >= 15 is 0 Å². The molecule has 0 heterocycles. The first-order chi connectivity index (χ1) is 12.3. The van der Waals surface area contributed by atoms with Crippen molar-refractivity contribution in [1.29, 1.82) is 0 Å². The van der Waals surface area contributed by atoms with Crippen LogP contribution in [-0.4, -0.2) is 70.2 Å². The third kappa shape index (κ3) is 16.2. The van der Waals surface area contributed by atoms with Crippen molar-refractivity contribution in [2.24, 2.45) is 5.92 Å². The molecule has 1 unspecified atom stereocenters. The number of hydrogen-bond donors (Lipinski definition) is 2. The second-order valence-electron chi connectivity index (χ2n) is 6.60. The van der Waals surface area contributed by atoms with Crippen LogP contribution in [0, 0.1) is 5.92 Å². The molecule has 0 radical (unpaired) electrons. The minimum Gasteiger partial charge on any atom is -0.381 e. The Kier molecular flexibility index (Phi) is 15.2. The summed E-state index contributed by atoms with van der Waals surface area (Å²) in [6, 6.07) is 0. The second-order valence-corrected chi connectivity index (χ2v) is 6.60. The van der Waals surface area contributed by atoms with Crippen molar-refractivity contribution in [3.05, 3.63) is 0 Å². The molecule has 0 aliphatic carbocycles. The number of halogens is 1. The van der Waals surface area contributed by atoms with Crippen molar-refractivity contribution >= 4 is 11.8 Å². The van der Waals surface area contributed by atoms with E-state index in [4.69, 9.17) is 14.2 Å². The van der Waals surface area contributed by atoms with E-state index in [0.717, 1.165) is 6.42 Å². The first kappa shape index (κ1) is 24.8. The zero-order valence-electron chi connectivity index (χ0n) is 16.5. The van der Waals surface area contributed by atoms with Crippen LogP contribution >= 0.6 is 0 Å². The van der Waals surface area contributed by atoms with Crippen LogP contribution in [0.4, 0.5) is 4.39 Å². The standard InChI is InChI=1S/C18H35FN2O5.2H2/c1-14(2)18(23)21-11-16(19)12-25-10-6-9-24-8-5-7-20-17(22)13-26-15(3)4;;/h14-16H,5-13H2,1-4H3,(H,20,22)(H,21,23);2*1H. The van der Waals surface area contributed by atoms with Gasteiger partial charge in [0, 0.05) is 35.1 Å². The first-order valence-corrected chi connectivity index (χ1v) is 9.28. The summed E-state index contributed by atoms with van der Waals surface area (Å²) in [6.07, 6.45) is 0.218. The summed E-state index contributed by atoms with van der Waals surface area (Å²) in [7, 11) is 0. The van der Waals surface area contributed by atoms with E-state index in [0.29, 0.717) is 32.8 Å². The average molecular weight is 383 g/mol. The number of nitrogens with one attached hydrogen (secondary N) is 2. The molecule has 1 atom stereocenters. The third-order valence-corrected chi connectivity index (χ3v) is 3.23. The number of ether oxygens (including phenoxy) is 3. The topological polar surface area (TPSA) is 85.9 Å². The molecule has 0 saturated carbocycles. The lowest BCUT2D eigenvalue weighted by Crippen LogP contribution is -2.34. The van der Waals surface area contributed by atoms with Crippen LogP contribution in [0.1, 0.15) is 43.4 Å². The molecular formula is C18H39FN2O5. The number of alkyl halides is 1. The molecule has 0 aliphatic rings. The van der Waals surface area contributed by atoms with Gasteiger partial charge < -0.3 is 24.8 Å². The minimum atomic E-state index is -1.21. The summed E-state index contributed by atoms with van der Waals surface area (Å²) in [6.45, 7) is 9.29. The van der Waals surface area contributed by atoms with Crippen molar-refractivity contribution in [2.45, 2.75) is 52.8 Å². The number of rotatable bonds is 16. The molecule has 0 rings (SSSR count). The van der Waals surface area contributed by atoms with Crippen LogP contribution in [0.3, 0.4) is 0 Å². The number of hydrogen-bond acceptors (Lipinski definition) is 5. The highest BCUT2D eigenvalue weighted by Gasteiger charge is 2.11. The molecule has 0 aromatic carbocycles. The lowest BCUT2D eigenvalue weighted by Gasteiger charge is -2.12. The summed E-state index contributed by atoms with van der Waals surface area (Å²) in [5.41, 5.74) is 0. The number of carbonyl (C=O) groups excluding carboxylic acids is 2. The second kappa shape index (κ2) is 16.0. The van der Waals surface area contributed by atoms with E-state index in [1.807, 2.05) is 13.8 Å². The SMILES string of the molecule is CC(C)OCC(=O)NCCCOCCCOCC(F)CNC(=O)C(C)C.[HH].[HH]. The zero-order chi connectivity index (χ0) is 19.8. The van der Waals surface area contributed by atoms with E-state index in [-0.39, 0.29) is 46.4 Å². The maximum atomic E-state index is 13.5. The molecule has 2 N–H and O–H groups in total. The van der Waals surface area contributed by atoms with Gasteiger partial charge in [-0.1, -0.05) is 13.8 Å². The van der Waals surface area contributed by atoms with Crippen molar-refractivity contribution < 1.29 is 31.0 Å². The van der Waals surface area contributed by atoms with Crippen LogP contribution in [-0.2, 0) is 23.8 Å². The van der Waals surface area contributed by atoms with Gasteiger partial charge in [-0.3, -0.25) is 9.59 Å². The Bertz CT molecular complexity index is 391. The Labute approximate surface area is 159 Å². The lowest BCUT2D eigenvalue weighted by atomic mass is 10.2. The zero-order valence-corrected chi connectivity index (χ0v) is 16.5. The lowest BCUT2D eigenvalue weighted by molar-refractivity contribution is -0.127. The fourth-order valence-electron chi connectivity index (χ4n) is 1.75. The smallest absolute Gasteiger partial charge is 0.246 e. The van der Waals surface area contributed by atoms with Crippen LogP contribution < -0.4 is 10.6 Å². The van der Waals surface area contributed by atoms with E-state index in [1.165, 1.54) is 0 Å². The fraction of sp³-hybridized carbons (Fsp3) is 0.889. The summed E-state index contributed by atoms with van der Waals surface area (Å²) < 4.78 is 29.3. The van der Waals surface area contributed by atoms with Gasteiger partial charge in [0.2, 0.25) is 11.8 Å². The van der Waals surface area contributed by atoms with E-state index < -0.39 is 6.17 Å². The fourth-order valence-corrected chi connectivity index (χ4v) is 1.75. The molecule has 2 amide bonds. The van der Waals surface area contributed by atoms with Crippen molar-refractivity contribution in [3.8, 4) is 0 Å². The monoisotopic (exact) mass is 382 g/mol. The Balaban J connectivity index is -0.00000312. The molecular weight excluding hydrogens is 343 g/mol. The van der Waals surface area contributed by atoms with E-state index in [9.17, 15) is 14.0 Å². The molecule has 26 heavy (non-hydrogen) atoms. The van der Waals surface area contributed by atoms with Gasteiger partial charge in [0.05, 0.1) is 19.3 Å². The molecule has 158 valence electrons. The highest BCUT2D eigenvalue weighted by molar-refractivity contribution is 5.77. The molecule has 0 saturated heterocycles. The van der Waals surface area contributed by atoms with Gasteiger partial charge in [0.1, 0.15) is 12.8 Å². The van der Waals surface area contributed by atoms with E-state index in [2.05, 4.69) is 10.6 Å². The van der Waals surface area contributed by atoms with Crippen molar-refractivity contribution in [1.82, 2.24) is 10.6 Å². The Morgan fingerprint density at radius 2 is 1.65 bits per heavy atom. The van der Waals surface area contributed by atoms with Crippen molar-refractivity contribution in [3.63, 3.8) is 0 Å². The van der Waals surface area contributed by atoms with Gasteiger partial charge in [0.15, 0.2) is 0 Å². The highest BCUT2D eigenvalue weighted by Crippen LogP contribution is 1.96. The number of amides is 2. The molecule has 0 aromatic heterocycles.